The van der Waals surface area contributed by atoms with E-state index < -0.39 is 17.1 Å². The minimum Gasteiger partial charge on any atom is -0.393 e. The Bertz CT molecular complexity index is 333. The first kappa shape index (κ1) is 10.6. The van der Waals surface area contributed by atoms with Crippen LogP contribution >= 0.6 is 0 Å². The summed E-state index contributed by atoms with van der Waals surface area (Å²) in [5, 5.41) is 28.5. The van der Waals surface area contributed by atoms with Crippen molar-refractivity contribution in [3.63, 3.8) is 0 Å². The van der Waals surface area contributed by atoms with Gasteiger partial charge in [-0.1, -0.05) is 0 Å². The summed E-state index contributed by atoms with van der Waals surface area (Å²) < 4.78 is 1.36. The summed E-state index contributed by atoms with van der Waals surface area (Å²) in [5.74, 6) is -0.279. The fourth-order valence-corrected chi connectivity index (χ4v) is 0.972. The smallest absolute Gasteiger partial charge is 0.381 e. The first-order chi connectivity index (χ1) is 6.44. The average molecular weight is 201 g/mol. The molecule has 0 aliphatic heterocycles. The topological polar surface area (TPSA) is 101 Å². The molecule has 1 aromatic heterocycles. The molecule has 0 saturated heterocycles. The van der Waals surface area contributed by atoms with Crippen LogP contribution in [0.15, 0.2) is 12.5 Å². The van der Waals surface area contributed by atoms with Crippen LogP contribution in [0.5, 0.6) is 0 Å². The molecule has 1 aromatic rings. The fourth-order valence-electron chi connectivity index (χ4n) is 0.972. The monoisotopic (exact) mass is 201 g/mol. The minimum atomic E-state index is -1.30. The molecule has 0 bridgehead atoms. The van der Waals surface area contributed by atoms with Crippen molar-refractivity contribution in [3.8, 4) is 0 Å². The molecule has 1 heterocycles. The Morgan fingerprint density at radius 1 is 1.79 bits per heavy atom. The van der Waals surface area contributed by atoms with Gasteiger partial charge in [-0.3, -0.25) is 0 Å². The van der Waals surface area contributed by atoms with Gasteiger partial charge in [0.05, 0.1) is 13.2 Å². The highest BCUT2D eigenvalue weighted by Crippen LogP contribution is 2.10. The van der Waals surface area contributed by atoms with Crippen molar-refractivity contribution in [2.75, 3.05) is 6.61 Å². The van der Waals surface area contributed by atoms with E-state index in [1.165, 1.54) is 24.0 Å². The zero-order valence-electron chi connectivity index (χ0n) is 7.62. The van der Waals surface area contributed by atoms with Crippen LogP contribution in [0.4, 0.5) is 5.82 Å². The summed E-state index contributed by atoms with van der Waals surface area (Å²) in [6.07, 6.45) is 2.44. The SMILES string of the molecule is CC(O)(CO)Cn1cnc([N+](=O)[O-])c1. The lowest BCUT2D eigenvalue weighted by atomic mass is 10.1. The molecule has 1 rings (SSSR count). The quantitative estimate of drug-likeness (QED) is 0.506. The molecule has 1 unspecified atom stereocenters. The van der Waals surface area contributed by atoms with E-state index in [2.05, 4.69) is 4.98 Å². The molecule has 1 atom stereocenters. The van der Waals surface area contributed by atoms with E-state index in [-0.39, 0.29) is 12.4 Å². The maximum Gasteiger partial charge on any atom is 0.381 e. The van der Waals surface area contributed by atoms with Gasteiger partial charge in [0.1, 0.15) is 11.8 Å². The van der Waals surface area contributed by atoms with E-state index in [1.54, 1.807) is 0 Å². The molecule has 7 nitrogen and oxygen atoms in total. The van der Waals surface area contributed by atoms with Crippen LogP contribution in [0.25, 0.3) is 0 Å². The lowest BCUT2D eigenvalue weighted by Crippen LogP contribution is -2.34. The van der Waals surface area contributed by atoms with Crippen molar-refractivity contribution in [3.05, 3.63) is 22.6 Å². The molecule has 0 spiro atoms. The van der Waals surface area contributed by atoms with E-state index in [0.29, 0.717) is 0 Å². The lowest BCUT2D eigenvalue weighted by Gasteiger charge is -2.19. The van der Waals surface area contributed by atoms with E-state index in [0.717, 1.165) is 0 Å². The number of nitrogens with zero attached hydrogens (tertiary/aromatic N) is 3. The van der Waals surface area contributed by atoms with Gasteiger partial charge >= 0.3 is 5.82 Å². The predicted octanol–water partition coefficient (Wildman–Crippen LogP) is -0.465. The second kappa shape index (κ2) is 3.72. The number of imidazole rings is 1. The Labute approximate surface area is 79.8 Å². The number of rotatable bonds is 4. The number of nitro groups is 1. The largest absolute Gasteiger partial charge is 0.393 e. The van der Waals surface area contributed by atoms with Gasteiger partial charge in [0, 0.05) is 0 Å². The van der Waals surface area contributed by atoms with Crippen molar-refractivity contribution < 1.29 is 15.1 Å². The number of hydrogen-bond acceptors (Lipinski definition) is 5. The maximum absolute atomic E-state index is 10.3. The predicted molar refractivity (Wildman–Crippen MR) is 46.6 cm³/mol. The van der Waals surface area contributed by atoms with Crippen molar-refractivity contribution >= 4 is 5.82 Å². The standard InChI is InChI=1S/C7H11N3O4/c1-7(12,4-11)3-9-2-6(8-5-9)10(13)14/h2,5,11-12H,3-4H2,1H3. The number of hydrogen-bond donors (Lipinski definition) is 2. The summed E-state index contributed by atoms with van der Waals surface area (Å²) >= 11 is 0. The Morgan fingerprint density at radius 2 is 2.43 bits per heavy atom. The molecular weight excluding hydrogens is 190 g/mol. The third kappa shape index (κ3) is 2.51. The minimum absolute atomic E-state index is 0.0599. The Balaban J connectivity index is 2.73. The van der Waals surface area contributed by atoms with Crippen LogP contribution in [0.2, 0.25) is 0 Å². The van der Waals surface area contributed by atoms with Gasteiger partial charge in [0.15, 0.2) is 0 Å². The molecule has 78 valence electrons. The summed E-state index contributed by atoms with van der Waals surface area (Å²) in [5.41, 5.74) is -1.30. The summed E-state index contributed by atoms with van der Waals surface area (Å²) in [7, 11) is 0. The maximum atomic E-state index is 10.3. The average Bonchev–Trinajstić information content (AvgIpc) is 2.52. The van der Waals surface area contributed by atoms with E-state index in [1.807, 2.05) is 0 Å². The van der Waals surface area contributed by atoms with Gasteiger partial charge < -0.3 is 24.9 Å². The van der Waals surface area contributed by atoms with Crippen LogP contribution in [-0.2, 0) is 6.54 Å². The molecule has 14 heavy (non-hydrogen) atoms. The molecule has 7 heteroatoms. The van der Waals surface area contributed by atoms with E-state index in [4.69, 9.17) is 5.11 Å². The van der Waals surface area contributed by atoms with Gasteiger partial charge in [-0.25, -0.2) is 0 Å². The van der Waals surface area contributed by atoms with Crippen LogP contribution in [-0.4, -0.2) is 36.9 Å². The molecule has 0 aliphatic carbocycles. The van der Waals surface area contributed by atoms with E-state index in [9.17, 15) is 15.2 Å². The molecule has 0 radical (unpaired) electrons. The number of aliphatic hydroxyl groups excluding tert-OH is 1. The van der Waals surface area contributed by atoms with Crippen molar-refractivity contribution in [2.45, 2.75) is 19.1 Å². The van der Waals surface area contributed by atoms with Crippen LogP contribution in [0.3, 0.4) is 0 Å². The van der Waals surface area contributed by atoms with Gasteiger partial charge in [0.2, 0.25) is 6.33 Å². The Hall–Kier alpha value is -1.47. The zero-order chi connectivity index (χ0) is 10.8. The number of aliphatic hydroxyl groups is 2. The van der Waals surface area contributed by atoms with E-state index >= 15 is 0 Å². The number of aromatic nitrogens is 2. The van der Waals surface area contributed by atoms with Crippen molar-refractivity contribution in [1.29, 1.82) is 0 Å². The third-order valence-electron chi connectivity index (χ3n) is 1.67. The second-order valence-corrected chi connectivity index (χ2v) is 3.32. The fraction of sp³-hybridized carbons (Fsp3) is 0.571. The first-order valence-electron chi connectivity index (χ1n) is 3.94. The lowest BCUT2D eigenvalue weighted by molar-refractivity contribution is -0.389. The summed E-state index contributed by atoms with van der Waals surface area (Å²) in [6, 6.07) is 0. The highest BCUT2D eigenvalue weighted by Gasteiger charge is 2.21. The Morgan fingerprint density at radius 3 is 2.86 bits per heavy atom. The van der Waals surface area contributed by atoms with Crippen LogP contribution in [0, 0.1) is 10.1 Å². The Kier molecular flexibility index (Phi) is 2.82. The zero-order valence-corrected chi connectivity index (χ0v) is 7.62. The summed E-state index contributed by atoms with van der Waals surface area (Å²) in [4.78, 5) is 13.2. The summed E-state index contributed by atoms with van der Waals surface area (Å²) in [6.45, 7) is 1.07. The van der Waals surface area contributed by atoms with Crippen LogP contribution < -0.4 is 0 Å². The molecule has 0 saturated carbocycles. The van der Waals surface area contributed by atoms with Gasteiger partial charge in [-0.2, -0.15) is 0 Å². The molecule has 0 aliphatic rings. The molecule has 0 fully saturated rings. The van der Waals surface area contributed by atoms with Gasteiger partial charge in [0.25, 0.3) is 0 Å². The second-order valence-electron chi connectivity index (χ2n) is 3.32. The van der Waals surface area contributed by atoms with Crippen LogP contribution in [0.1, 0.15) is 6.92 Å². The highest BCUT2D eigenvalue weighted by atomic mass is 16.6. The molecule has 0 aromatic carbocycles. The first-order valence-corrected chi connectivity index (χ1v) is 3.94. The van der Waals surface area contributed by atoms with Gasteiger partial charge in [-0.15, -0.1) is 0 Å². The third-order valence-corrected chi connectivity index (χ3v) is 1.67. The normalized spacial score (nSPS) is 15.1. The molecular formula is C7H11N3O4. The molecule has 0 amide bonds. The highest BCUT2D eigenvalue weighted by molar-refractivity contribution is 5.12. The van der Waals surface area contributed by atoms with Crippen molar-refractivity contribution in [2.24, 2.45) is 0 Å². The van der Waals surface area contributed by atoms with Gasteiger partial charge in [-0.05, 0) is 16.8 Å². The van der Waals surface area contributed by atoms with Crippen molar-refractivity contribution in [1.82, 2.24) is 9.55 Å². The molecule has 2 N–H and O–H groups in total.